The molecule has 1 aliphatic rings. The zero-order valence-corrected chi connectivity index (χ0v) is 9.21. The summed E-state index contributed by atoms with van der Waals surface area (Å²) >= 11 is 0. The fourth-order valence-electron chi connectivity index (χ4n) is 1.80. The van der Waals surface area contributed by atoms with Crippen LogP contribution in [0.4, 0.5) is 0 Å². The minimum atomic E-state index is 0.103. The lowest BCUT2D eigenvalue weighted by atomic mass is 10.0. The summed E-state index contributed by atoms with van der Waals surface area (Å²) in [6.07, 6.45) is 0.657. The summed E-state index contributed by atoms with van der Waals surface area (Å²) in [7, 11) is 0. The molecule has 0 bridgehead atoms. The van der Waals surface area contributed by atoms with Gasteiger partial charge in [0.25, 0.3) is 0 Å². The zero-order valence-electron chi connectivity index (χ0n) is 9.21. The number of rotatable bonds is 2. The molecule has 3 heteroatoms. The maximum absolute atomic E-state index is 5.75. The molecule has 0 spiro atoms. The van der Waals surface area contributed by atoms with Crippen molar-refractivity contribution in [1.82, 2.24) is 4.90 Å². The van der Waals surface area contributed by atoms with Crippen LogP contribution in [0.1, 0.15) is 27.7 Å². The van der Waals surface area contributed by atoms with Crippen LogP contribution >= 0.6 is 0 Å². The van der Waals surface area contributed by atoms with Crippen LogP contribution in [0.2, 0.25) is 0 Å². The van der Waals surface area contributed by atoms with Crippen LogP contribution in [0.5, 0.6) is 0 Å². The van der Waals surface area contributed by atoms with E-state index in [4.69, 9.17) is 10.5 Å². The third-order valence-electron chi connectivity index (χ3n) is 2.78. The Hall–Kier alpha value is -0.120. The lowest BCUT2D eigenvalue weighted by Gasteiger charge is -2.44. The largest absolute Gasteiger partial charge is 0.373 e. The van der Waals surface area contributed by atoms with Gasteiger partial charge in [-0.1, -0.05) is 0 Å². The van der Waals surface area contributed by atoms with Crippen molar-refractivity contribution in [2.45, 2.75) is 45.4 Å². The molecule has 0 saturated carbocycles. The Morgan fingerprint density at radius 3 is 2.15 bits per heavy atom. The van der Waals surface area contributed by atoms with Crippen LogP contribution < -0.4 is 5.73 Å². The summed E-state index contributed by atoms with van der Waals surface area (Å²) in [4.78, 5) is 2.42. The maximum atomic E-state index is 5.75. The first-order valence-electron chi connectivity index (χ1n) is 5.06. The van der Waals surface area contributed by atoms with Gasteiger partial charge in [0.1, 0.15) is 0 Å². The Morgan fingerprint density at radius 1 is 1.31 bits per heavy atom. The molecule has 0 aromatic heterocycles. The van der Waals surface area contributed by atoms with E-state index in [1.807, 2.05) is 0 Å². The molecule has 1 aliphatic heterocycles. The van der Waals surface area contributed by atoms with E-state index in [0.29, 0.717) is 18.8 Å². The second-order valence-electron chi connectivity index (χ2n) is 4.68. The standard InChI is InChI=1S/C10H22N2O/c1-8-5-12(6-9(2)13-8)10(3,4)7-11/h8-9H,5-7,11H2,1-4H3/t8-,9-/m1/s1. The Morgan fingerprint density at radius 2 is 1.77 bits per heavy atom. The first-order chi connectivity index (χ1) is 5.95. The highest BCUT2D eigenvalue weighted by molar-refractivity contribution is 4.87. The molecule has 2 N–H and O–H groups in total. The summed E-state index contributed by atoms with van der Waals surface area (Å²) in [6.45, 7) is 11.3. The Balaban J connectivity index is 2.59. The van der Waals surface area contributed by atoms with Crippen LogP contribution in [0.3, 0.4) is 0 Å². The molecule has 0 aromatic carbocycles. The van der Waals surface area contributed by atoms with Gasteiger partial charge in [-0.15, -0.1) is 0 Å². The molecule has 0 aliphatic carbocycles. The average molecular weight is 186 g/mol. The third-order valence-corrected chi connectivity index (χ3v) is 2.78. The summed E-state index contributed by atoms with van der Waals surface area (Å²) in [6, 6.07) is 0. The molecule has 0 amide bonds. The van der Waals surface area contributed by atoms with Gasteiger partial charge in [0.05, 0.1) is 12.2 Å². The molecule has 1 fully saturated rings. The molecular formula is C10H22N2O. The van der Waals surface area contributed by atoms with Gasteiger partial charge in [-0.25, -0.2) is 0 Å². The number of morpholine rings is 1. The number of nitrogens with two attached hydrogens (primary N) is 1. The predicted octanol–water partition coefficient (Wildman–Crippen LogP) is 0.833. The van der Waals surface area contributed by atoms with E-state index < -0.39 is 0 Å². The first-order valence-corrected chi connectivity index (χ1v) is 5.06. The van der Waals surface area contributed by atoms with Gasteiger partial charge in [0.2, 0.25) is 0 Å². The Kier molecular flexibility index (Phi) is 3.33. The van der Waals surface area contributed by atoms with Gasteiger partial charge < -0.3 is 10.5 Å². The summed E-state index contributed by atoms with van der Waals surface area (Å²) in [5.41, 5.74) is 5.85. The van der Waals surface area contributed by atoms with E-state index in [-0.39, 0.29) is 5.54 Å². The molecule has 1 saturated heterocycles. The van der Waals surface area contributed by atoms with Crippen LogP contribution in [-0.4, -0.2) is 42.3 Å². The van der Waals surface area contributed by atoms with Gasteiger partial charge in [0.15, 0.2) is 0 Å². The number of hydrogen-bond acceptors (Lipinski definition) is 3. The third kappa shape index (κ3) is 2.66. The maximum Gasteiger partial charge on any atom is 0.0678 e. The van der Waals surface area contributed by atoms with E-state index in [2.05, 4.69) is 32.6 Å². The van der Waals surface area contributed by atoms with E-state index in [1.54, 1.807) is 0 Å². The molecule has 0 radical (unpaired) electrons. The van der Waals surface area contributed by atoms with Crippen molar-refractivity contribution in [3.05, 3.63) is 0 Å². The highest BCUT2D eigenvalue weighted by Gasteiger charge is 2.31. The van der Waals surface area contributed by atoms with Crippen molar-refractivity contribution in [3.63, 3.8) is 0 Å². The molecule has 78 valence electrons. The molecule has 0 aromatic rings. The van der Waals surface area contributed by atoms with Crippen molar-refractivity contribution in [3.8, 4) is 0 Å². The van der Waals surface area contributed by atoms with Crippen LogP contribution in [-0.2, 0) is 4.74 Å². The van der Waals surface area contributed by atoms with Crippen LogP contribution in [0.25, 0.3) is 0 Å². The van der Waals surface area contributed by atoms with E-state index in [9.17, 15) is 0 Å². The molecule has 1 rings (SSSR count). The lowest BCUT2D eigenvalue weighted by Crippen LogP contribution is -2.57. The molecule has 3 nitrogen and oxygen atoms in total. The second kappa shape index (κ2) is 3.95. The molecular weight excluding hydrogens is 164 g/mol. The van der Waals surface area contributed by atoms with Crippen molar-refractivity contribution < 1.29 is 4.74 Å². The van der Waals surface area contributed by atoms with Crippen LogP contribution in [0, 0.1) is 0 Å². The fraction of sp³-hybridized carbons (Fsp3) is 1.00. The van der Waals surface area contributed by atoms with E-state index in [1.165, 1.54) is 0 Å². The van der Waals surface area contributed by atoms with Crippen molar-refractivity contribution in [2.75, 3.05) is 19.6 Å². The first kappa shape index (κ1) is 11.0. The molecule has 0 unspecified atom stereocenters. The predicted molar refractivity (Wildman–Crippen MR) is 54.7 cm³/mol. The number of hydrogen-bond donors (Lipinski definition) is 1. The smallest absolute Gasteiger partial charge is 0.0678 e. The number of ether oxygens (including phenoxy) is 1. The van der Waals surface area contributed by atoms with E-state index >= 15 is 0 Å². The van der Waals surface area contributed by atoms with Crippen LogP contribution in [0.15, 0.2) is 0 Å². The van der Waals surface area contributed by atoms with Gasteiger partial charge in [-0.2, -0.15) is 0 Å². The minimum absolute atomic E-state index is 0.103. The molecule has 13 heavy (non-hydrogen) atoms. The average Bonchev–Trinajstić information content (AvgIpc) is 2.02. The SMILES string of the molecule is C[C@@H]1CN(C(C)(C)CN)C[C@@H](C)O1. The minimum Gasteiger partial charge on any atom is -0.373 e. The highest BCUT2D eigenvalue weighted by Crippen LogP contribution is 2.19. The van der Waals surface area contributed by atoms with Gasteiger partial charge in [-0.3, -0.25) is 4.90 Å². The number of nitrogens with zero attached hydrogens (tertiary/aromatic N) is 1. The van der Waals surface area contributed by atoms with Gasteiger partial charge in [0, 0.05) is 25.2 Å². The monoisotopic (exact) mass is 186 g/mol. The Bertz CT molecular complexity index is 160. The normalized spacial score (nSPS) is 32.1. The fourth-order valence-corrected chi connectivity index (χ4v) is 1.80. The summed E-state index contributed by atoms with van der Waals surface area (Å²) in [5, 5.41) is 0. The summed E-state index contributed by atoms with van der Waals surface area (Å²) in [5.74, 6) is 0. The van der Waals surface area contributed by atoms with Gasteiger partial charge >= 0.3 is 0 Å². The highest BCUT2D eigenvalue weighted by atomic mass is 16.5. The molecule has 2 atom stereocenters. The molecule has 1 heterocycles. The Labute approximate surface area is 81.2 Å². The van der Waals surface area contributed by atoms with Gasteiger partial charge in [-0.05, 0) is 27.7 Å². The van der Waals surface area contributed by atoms with Crippen molar-refractivity contribution in [1.29, 1.82) is 0 Å². The van der Waals surface area contributed by atoms with Crippen molar-refractivity contribution >= 4 is 0 Å². The van der Waals surface area contributed by atoms with E-state index in [0.717, 1.165) is 13.1 Å². The topological polar surface area (TPSA) is 38.5 Å². The lowest BCUT2D eigenvalue weighted by molar-refractivity contribution is -0.0939. The summed E-state index contributed by atoms with van der Waals surface area (Å²) < 4.78 is 5.67. The second-order valence-corrected chi connectivity index (χ2v) is 4.68. The zero-order chi connectivity index (χ0) is 10.1. The quantitative estimate of drug-likeness (QED) is 0.694. The van der Waals surface area contributed by atoms with Crippen molar-refractivity contribution in [2.24, 2.45) is 5.73 Å².